The van der Waals surface area contributed by atoms with Crippen LogP contribution in [0.15, 0.2) is 29.2 Å². The normalized spacial score (nSPS) is 15.9. The second-order valence-corrected chi connectivity index (χ2v) is 7.00. The van der Waals surface area contributed by atoms with Gasteiger partial charge in [-0.15, -0.1) is 11.8 Å². The number of halogens is 1. The number of benzene rings is 1. The molecule has 0 spiro atoms. The molecule has 1 saturated heterocycles. The molecule has 1 aromatic rings. The summed E-state index contributed by atoms with van der Waals surface area (Å²) >= 11 is 7.64. The highest BCUT2D eigenvalue weighted by Crippen LogP contribution is 2.21. The molecule has 116 valence electrons. The first-order valence-electron chi connectivity index (χ1n) is 7.51. The van der Waals surface area contributed by atoms with Crippen molar-refractivity contribution in [2.45, 2.75) is 36.6 Å². The van der Waals surface area contributed by atoms with E-state index in [0.717, 1.165) is 43.1 Å². The smallest absolute Gasteiger partial charge is 0.222 e. The zero-order valence-electron chi connectivity index (χ0n) is 12.5. The minimum Gasteiger partial charge on any atom is -0.343 e. The Kier molecular flexibility index (Phi) is 6.87. The van der Waals surface area contributed by atoms with Gasteiger partial charge in [0.05, 0.1) is 0 Å². The van der Waals surface area contributed by atoms with Crippen LogP contribution in [-0.2, 0) is 4.79 Å². The van der Waals surface area contributed by atoms with Gasteiger partial charge in [0.1, 0.15) is 0 Å². The lowest BCUT2D eigenvalue weighted by Crippen LogP contribution is -2.43. The van der Waals surface area contributed by atoms with Crippen LogP contribution >= 0.6 is 23.4 Å². The van der Waals surface area contributed by atoms with Crippen LogP contribution < -0.4 is 5.32 Å². The van der Waals surface area contributed by atoms with E-state index in [9.17, 15) is 4.79 Å². The SMILES string of the molecule is CN(C(=O)CCCSc1ccc(Cl)cc1)C1CCNCC1. The fraction of sp³-hybridized carbons (Fsp3) is 0.562. The van der Waals surface area contributed by atoms with Crippen LogP contribution in [0, 0.1) is 0 Å². The second-order valence-electron chi connectivity index (χ2n) is 5.39. The third-order valence-corrected chi connectivity index (χ3v) is 5.22. The number of carbonyl (C=O) groups is 1. The van der Waals surface area contributed by atoms with E-state index in [4.69, 9.17) is 11.6 Å². The number of thioether (sulfide) groups is 1. The van der Waals surface area contributed by atoms with Gasteiger partial charge < -0.3 is 10.2 Å². The van der Waals surface area contributed by atoms with Crippen LogP contribution in [0.1, 0.15) is 25.7 Å². The van der Waals surface area contributed by atoms with Crippen LogP contribution in [0.2, 0.25) is 5.02 Å². The highest BCUT2D eigenvalue weighted by Gasteiger charge is 2.21. The summed E-state index contributed by atoms with van der Waals surface area (Å²) in [5, 5.41) is 4.09. The average molecular weight is 327 g/mol. The molecule has 1 heterocycles. The zero-order chi connectivity index (χ0) is 15.1. The molecule has 0 saturated carbocycles. The fourth-order valence-electron chi connectivity index (χ4n) is 2.52. The molecule has 1 N–H and O–H groups in total. The van der Waals surface area contributed by atoms with Gasteiger partial charge in [-0.1, -0.05) is 11.6 Å². The third-order valence-electron chi connectivity index (χ3n) is 3.87. The first-order valence-corrected chi connectivity index (χ1v) is 8.88. The molecule has 0 radical (unpaired) electrons. The minimum absolute atomic E-state index is 0.276. The van der Waals surface area contributed by atoms with Crippen LogP contribution in [0.4, 0.5) is 0 Å². The van der Waals surface area contributed by atoms with Crippen molar-refractivity contribution in [3.63, 3.8) is 0 Å². The van der Waals surface area contributed by atoms with Crippen molar-refractivity contribution in [2.75, 3.05) is 25.9 Å². The van der Waals surface area contributed by atoms with Crippen LogP contribution in [-0.4, -0.2) is 42.7 Å². The lowest BCUT2D eigenvalue weighted by atomic mass is 10.0. The predicted molar refractivity (Wildman–Crippen MR) is 90.1 cm³/mol. The Bertz CT molecular complexity index is 446. The summed E-state index contributed by atoms with van der Waals surface area (Å²) in [6.07, 6.45) is 3.70. The number of piperidine rings is 1. The van der Waals surface area contributed by atoms with Crippen molar-refractivity contribution < 1.29 is 4.79 Å². The monoisotopic (exact) mass is 326 g/mol. The number of nitrogens with one attached hydrogen (secondary N) is 1. The Hall–Kier alpha value is -0.710. The van der Waals surface area contributed by atoms with Crippen LogP contribution in [0.25, 0.3) is 0 Å². The maximum absolute atomic E-state index is 12.2. The van der Waals surface area contributed by atoms with E-state index in [-0.39, 0.29) is 5.91 Å². The third kappa shape index (κ3) is 5.53. The Balaban J connectivity index is 1.65. The van der Waals surface area contributed by atoms with Crippen molar-refractivity contribution >= 4 is 29.3 Å². The molecule has 0 aliphatic carbocycles. The quantitative estimate of drug-likeness (QED) is 0.642. The van der Waals surface area contributed by atoms with Crippen molar-refractivity contribution in [3.8, 4) is 0 Å². The highest BCUT2D eigenvalue weighted by atomic mass is 35.5. The Morgan fingerprint density at radius 2 is 2.00 bits per heavy atom. The maximum Gasteiger partial charge on any atom is 0.222 e. The lowest BCUT2D eigenvalue weighted by Gasteiger charge is -2.31. The largest absolute Gasteiger partial charge is 0.343 e. The van der Waals surface area contributed by atoms with Crippen molar-refractivity contribution in [1.82, 2.24) is 10.2 Å². The number of rotatable bonds is 6. The second kappa shape index (κ2) is 8.66. The van der Waals surface area contributed by atoms with Gasteiger partial charge in [0.15, 0.2) is 0 Å². The summed E-state index contributed by atoms with van der Waals surface area (Å²) in [5.74, 6) is 1.24. The summed E-state index contributed by atoms with van der Waals surface area (Å²) in [5.41, 5.74) is 0. The lowest BCUT2D eigenvalue weighted by molar-refractivity contribution is -0.132. The number of nitrogens with zero attached hydrogens (tertiary/aromatic N) is 1. The van der Waals surface area contributed by atoms with E-state index in [2.05, 4.69) is 5.32 Å². The van der Waals surface area contributed by atoms with Crippen molar-refractivity contribution in [2.24, 2.45) is 0 Å². The Morgan fingerprint density at radius 1 is 1.33 bits per heavy atom. The summed E-state index contributed by atoms with van der Waals surface area (Å²) in [4.78, 5) is 15.3. The topological polar surface area (TPSA) is 32.3 Å². The van der Waals surface area contributed by atoms with Gasteiger partial charge in [-0.2, -0.15) is 0 Å². The van der Waals surface area contributed by atoms with Crippen molar-refractivity contribution in [1.29, 1.82) is 0 Å². The molecule has 2 rings (SSSR count). The minimum atomic E-state index is 0.276. The molecule has 1 fully saturated rings. The van der Waals surface area contributed by atoms with Gasteiger partial charge >= 0.3 is 0 Å². The molecular weight excluding hydrogens is 304 g/mol. The van der Waals surface area contributed by atoms with E-state index >= 15 is 0 Å². The molecule has 0 aromatic heterocycles. The number of hydrogen-bond acceptors (Lipinski definition) is 3. The predicted octanol–water partition coefficient (Wildman–Crippen LogP) is 3.42. The molecular formula is C16H23ClN2OS. The standard InChI is InChI=1S/C16H23ClN2OS/c1-19(14-8-10-18-11-9-14)16(20)3-2-12-21-15-6-4-13(17)5-7-15/h4-7,14,18H,2-3,8-12H2,1H3. The molecule has 1 amide bonds. The molecule has 1 aromatic carbocycles. The summed E-state index contributed by atoms with van der Waals surface area (Å²) < 4.78 is 0. The molecule has 21 heavy (non-hydrogen) atoms. The van der Waals surface area contributed by atoms with E-state index in [1.54, 1.807) is 11.8 Å². The molecule has 1 aliphatic rings. The first kappa shape index (κ1) is 16.7. The van der Waals surface area contributed by atoms with Crippen molar-refractivity contribution in [3.05, 3.63) is 29.3 Å². The number of carbonyl (C=O) groups excluding carboxylic acids is 1. The maximum atomic E-state index is 12.2. The first-order chi connectivity index (χ1) is 10.2. The molecule has 0 unspecified atom stereocenters. The molecule has 1 aliphatic heterocycles. The summed E-state index contributed by atoms with van der Waals surface area (Å²) in [6, 6.07) is 8.27. The van der Waals surface area contributed by atoms with Crippen LogP contribution in [0.3, 0.4) is 0 Å². The van der Waals surface area contributed by atoms with E-state index in [0.29, 0.717) is 12.5 Å². The van der Waals surface area contributed by atoms with E-state index < -0.39 is 0 Å². The highest BCUT2D eigenvalue weighted by molar-refractivity contribution is 7.99. The Morgan fingerprint density at radius 3 is 2.67 bits per heavy atom. The number of hydrogen-bond donors (Lipinski definition) is 1. The summed E-state index contributed by atoms with van der Waals surface area (Å²) in [7, 11) is 1.95. The van der Waals surface area contributed by atoms with Gasteiger partial charge in [-0.25, -0.2) is 0 Å². The Labute approximate surface area is 136 Å². The molecule has 3 nitrogen and oxygen atoms in total. The van der Waals surface area contributed by atoms with Gasteiger partial charge in [-0.05, 0) is 62.4 Å². The van der Waals surface area contributed by atoms with E-state index in [1.807, 2.05) is 36.2 Å². The molecule has 0 bridgehead atoms. The van der Waals surface area contributed by atoms with Gasteiger partial charge in [0.25, 0.3) is 0 Å². The van der Waals surface area contributed by atoms with Crippen LogP contribution in [0.5, 0.6) is 0 Å². The van der Waals surface area contributed by atoms with Gasteiger partial charge in [-0.3, -0.25) is 4.79 Å². The molecule has 5 heteroatoms. The fourth-order valence-corrected chi connectivity index (χ4v) is 3.50. The summed E-state index contributed by atoms with van der Waals surface area (Å²) in [6.45, 7) is 2.05. The molecule has 0 atom stereocenters. The number of amides is 1. The zero-order valence-corrected chi connectivity index (χ0v) is 14.1. The van der Waals surface area contributed by atoms with Gasteiger partial charge in [0.2, 0.25) is 5.91 Å². The van der Waals surface area contributed by atoms with E-state index in [1.165, 1.54) is 4.90 Å². The average Bonchev–Trinajstić information content (AvgIpc) is 2.53. The van der Waals surface area contributed by atoms with Gasteiger partial charge in [0, 0.05) is 29.4 Å².